The molecule has 2 unspecified atom stereocenters. The highest BCUT2D eigenvalue weighted by molar-refractivity contribution is 5.95. The van der Waals surface area contributed by atoms with Crippen molar-refractivity contribution < 1.29 is 18.0 Å². The minimum absolute atomic E-state index is 0.0283. The Balaban J connectivity index is 1.72. The lowest BCUT2D eigenvalue weighted by Gasteiger charge is -2.12. The van der Waals surface area contributed by atoms with Crippen molar-refractivity contribution in [2.75, 3.05) is 11.1 Å². The van der Waals surface area contributed by atoms with Crippen LogP contribution in [0.4, 0.5) is 24.5 Å². The van der Waals surface area contributed by atoms with Gasteiger partial charge in [-0.2, -0.15) is 13.2 Å². The Bertz CT molecular complexity index is 559. The van der Waals surface area contributed by atoms with Crippen LogP contribution in [0.5, 0.6) is 0 Å². The number of rotatable bonds is 2. The number of benzene rings is 1. The number of hydrogen-bond donors (Lipinski definition) is 2. The number of fused-ring (bicyclic) bond motifs is 1. The van der Waals surface area contributed by atoms with Gasteiger partial charge in [-0.15, -0.1) is 0 Å². The van der Waals surface area contributed by atoms with Gasteiger partial charge in [-0.25, -0.2) is 0 Å². The van der Waals surface area contributed by atoms with Gasteiger partial charge in [0.05, 0.1) is 5.56 Å². The fourth-order valence-electron chi connectivity index (χ4n) is 3.49. The van der Waals surface area contributed by atoms with Gasteiger partial charge in [-0.1, -0.05) is 12.8 Å². The number of anilines is 2. The Morgan fingerprint density at radius 3 is 2.38 bits per heavy atom. The summed E-state index contributed by atoms with van der Waals surface area (Å²) >= 11 is 0. The maximum Gasteiger partial charge on any atom is 0.418 e. The molecule has 1 aromatic rings. The number of carbonyl (C=O) groups is 1. The van der Waals surface area contributed by atoms with E-state index in [4.69, 9.17) is 5.73 Å². The number of halogens is 3. The third-order valence-electron chi connectivity index (χ3n) is 4.59. The van der Waals surface area contributed by atoms with Gasteiger partial charge in [0, 0.05) is 17.3 Å². The zero-order chi connectivity index (χ0) is 15.2. The Labute approximate surface area is 120 Å². The van der Waals surface area contributed by atoms with E-state index in [1.807, 2.05) is 0 Å². The molecular weight excluding hydrogens is 281 g/mol. The molecule has 2 saturated carbocycles. The summed E-state index contributed by atoms with van der Waals surface area (Å²) in [5.74, 6) is 0.661. The summed E-state index contributed by atoms with van der Waals surface area (Å²) in [6.45, 7) is 0. The largest absolute Gasteiger partial charge is 0.418 e. The van der Waals surface area contributed by atoms with Crippen molar-refractivity contribution in [1.82, 2.24) is 0 Å². The summed E-state index contributed by atoms with van der Waals surface area (Å²) < 4.78 is 38.4. The predicted octanol–water partition coefficient (Wildman–Crippen LogP) is 3.66. The summed E-state index contributed by atoms with van der Waals surface area (Å²) in [6, 6.07) is 3.49. The molecule has 2 fully saturated rings. The van der Waals surface area contributed by atoms with Gasteiger partial charge in [0.25, 0.3) is 0 Å². The number of nitrogens with two attached hydrogens (primary N) is 1. The highest BCUT2D eigenvalue weighted by atomic mass is 19.4. The first-order chi connectivity index (χ1) is 9.88. The van der Waals surface area contributed by atoms with E-state index in [2.05, 4.69) is 5.32 Å². The van der Waals surface area contributed by atoms with Crippen molar-refractivity contribution in [3.05, 3.63) is 23.8 Å². The van der Waals surface area contributed by atoms with Crippen molar-refractivity contribution in [3.63, 3.8) is 0 Å². The predicted molar refractivity (Wildman–Crippen MR) is 73.4 cm³/mol. The zero-order valence-corrected chi connectivity index (χ0v) is 11.4. The standard InChI is InChI=1S/C15H17F3N2O/c16-15(17,18)11-7-8(5-6-12(11)19)20-14(21)13-9-3-1-2-4-10(9)13/h5-7,9-10,13H,1-4,19H2,(H,20,21). The molecule has 21 heavy (non-hydrogen) atoms. The number of nitrogens with one attached hydrogen (secondary N) is 1. The first-order valence-corrected chi connectivity index (χ1v) is 7.15. The van der Waals surface area contributed by atoms with Crippen molar-refractivity contribution in [2.45, 2.75) is 31.9 Å². The molecule has 0 aliphatic heterocycles. The maximum atomic E-state index is 12.8. The van der Waals surface area contributed by atoms with Crippen LogP contribution in [0.15, 0.2) is 18.2 Å². The van der Waals surface area contributed by atoms with Crippen molar-refractivity contribution in [3.8, 4) is 0 Å². The molecule has 1 aromatic carbocycles. The molecule has 2 atom stereocenters. The van der Waals surface area contributed by atoms with Gasteiger partial charge in [0.1, 0.15) is 0 Å². The van der Waals surface area contributed by atoms with Crippen LogP contribution in [0.3, 0.4) is 0 Å². The van der Waals surface area contributed by atoms with E-state index in [1.54, 1.807) is 0 Å². The molecule has 0 heterocycles. The molecule has 3 N–H and O–H groups in total. The van der Waals surface area contributed by atoms with Crippen LogP contribution >= 0.6 is 0 Å². The SMILES string of the molecule is Nc1ccc(NC(=O)C2C3CCCCC32)cc1C(F)(F)F. The van der Waals surface area contributed by atoms with E-state index < -0.39 is 11.7 Å². The minimum Gasteiger partial charge on any atom is -0.398 e. The molecule has 0 radical (unpaired) electrons. The Hall–Kier alpha value is -1.72. The highest BCUT2D eigenvalue weighted by Crippen LogP contribution is 2.55. The smallest absolute Gasteiger partial charge is 0.398 e. The van der Waals surface area contributed by atoms with Crippen LogP contribution < -0.4 is 11.1 Å². The quantitative estimate of drug-likeness (QED) is 0.819. The Kier molecular flexibility index (Phi) is 3.34. The molecule has 2 aliphatic carbocycles. The van der Waals surface area contributed by atoms with E-state index in [9.17, 15) is 18.0 Å². The van der Waals surface area contributed by atoms with E-state index in [0.29, 0.717) is 11.8 Å². The monoisotopic (exact) mass is 298 g/mol. The fraction of sp³-hybridized carbons (Fsp3) is 0.533. The number of nitrogen functional groups attached to an aromatic ring is 1. The Morgan fingerprint density at radius 2 is 1.81 bits per heavy atom. The molecule has 3 rings (SSSR count). The second-order valence-corrected chi connectivity index (χ2v) is 5.93. The molecule has 0 saturated heterocycles. The van der Waals surface area contributed by atoms with Gasteiger partial charge >= 0.3 is 6.18 Å². The zero-order valence-electron chi connectivity index (χ0n) is 11.4. The van der Waals surface area contributed by atoms with E-state index in [-0.39, 0.29) is 23.2 Å². The second kappa shape index (κ2) is 4.93. The first kappa shape index (κ1) is 14.2. The van der Waals surface area contributed by atoms with Crippen molar-refractivity contribution in [1.29, 1.82) is 0 Å². The molecule has 6 heteroatoms. The van der Waals surface area contributed by atoms with Crippen molar-refractivity contribution >= 4 is 17.3 Å². The van der Waals surface area contributed by atoms with Gasteiger partial charge in [0.15, 0.2) is 0 Å². The van der Waals surface area contributed by atoms with Gasteiger partial charge in [-0.05, 0) is 42.9 Å². The van der Waals surface area contributed by atoms with E-state index in [1.165, 1.54) is 12.1 Å². The molecule has 3 nitrogen and oxygen atoms in total. The topological polar surface area (TPSA) is 55.1 Å². The van der Waals surface area contributed by atoms with Gasteiger partial charge in [-0.3, -0.25) is 4.79 Å². The molecular formula is C15H17F3N2O. The highest BCUT2D eigenvalue weighted by Gasteiger charge is 2.54. The number of amides is 1. The van der Waals surface area contributed by atoms with E-state index in [0.717, 1.165) is 31.7 Å². The normalized spacial score (nSPS) is 27.9. The van der Waals surface area contributed by atoms with Crippen molar-refractivity contribution in [2.24, 2.45) is 17.8 Å². The van der Waals surface area contributed by atoms with Gasteiger partial charge in [0.2, 0.25) is 5.91 Å². The molecule has 0 spiro atoms. The fourth-order valence-corrected chi connectivity index (χ4v) is 3.49. The third-order valence-corrected chi connectivity index (χ3v) is 4.59. The summed E-state index contributed by atoms with van der Waals surface area (Å²) in [5, 5.41) is 2.61. The summed E-state index contributed by atoms with van der Waals surface area (Å²) in [7, 11) is 0. The lowest BCUT2D eigenvalue weighted by molar-refractivity contribution is -0.137. The number of hydrogen-bond acceptors (Lipinski definition) is 2. The maximum absolute atomic E-state index is 12.8. The Morgan fingerprint density at radius 1 is 1.19 bits per heavy atom. The summed E-state index contributed by atoms with van der Waals surface area (Å²) in [4.78, 5) is 12.2. The molecule has 114 valence electrons. The second-order valence-electron chi connectivity index (χ2n) is 5.93. The lowest BCUT2D eigenvalue weighted by atomic mass is 10.0. The molecule has 0 aromatic heterocycles. The van der Waals surface area contributed by atoms with Gasteiger partial charge < -0.3 is 11.1 Å². The average molecular weight is 298 g/mol. The van der Waals surface area contributed by atoms with Crippen LogP contribution in [0, 0.1) is 17.8 Å². The summed E-state index contributed by atoms with van der Waals surface area (Å²) in [6.07, 6.45) is -0.120. The molecule has 2 aliphatic rings. The van der Waals surface area contributed by atoms with E-state index >= 15 is 0 Å². The average Bonchev–Trinajstić information content (AvgIpc) is 3.14. The van der Waals surface area contributed by atoms with Crippen LogP contribution in [0.2, 0.25) is 0 Å². The molecule has 1 amide bonds. The van der Waals surface area contributed by atoms with Crippen LogP contribution in [-0.4, -0.2) is 5.91 Å². The summed E-state index contributed by atoms with van der Waals surface area (Å²) in [5.41, 5.74) is 4.26. The van der Waals surface area contributed by atoms with Crippen LogP contribution in [0.1, 0.15) is 31.2 Å². The minimum atomic E-state index is -4.52. The number of carbonyl (C=O) groups excluding carboxylic acids is 1. The number of alkyl halides is 3. The van der Waals surface area contributed by atoms with Crippen LogP contribution in [0.25, 0.3) is 0 Å². The first-order valence-electron chi connectivity index (χ1n) is 7.15. The molecule has 0 bridgehead atoms. The third kappa shape index (κ3) is 2.71. The van der Waals surface area contributed by atoms with Crippen LogP contribution in [-0.2, 0) is 11.0 Å². The lowest BCUT2D eigenvalue weighted by Crippen LogP contribution is -2.17.